The van der Waals surface area contributed by atoms with Crippen LogP contribution >= 0.6 is 11.6 Å². The van der Waals surface area contributed by atoms with Crippen molar-refractivity contribution < 1.29 is 0 Å². The molecule has 0 bridgehead atoms. The standard InChI is InChI=1S/C15H12ClN3/c1-9-10(2)15(16)19-18-13(9)12-7-3-5-11-6-4-8-17-14(11)12/h3-8H,1-2H3. The Morgan fingerprint density at radius 1 is 0.947 bits per heavy atom. The molecule has 0 N–H and O–H groups in total. The number of pyridine rings is 1. The molecule has 0 radical (unpaired) electrons. The van der Waals surface area contributed by atoms with Gasteiger partial charge in [0.1, 0.15) is 0 Å². The Hall–Kier alpha value is -2.00. The van der Waals surface area contributed by atoms with E-state index in [9.17, 15) is 0 Å². The summed E-state index contributed by atoms with van der Waals surface area (Å²) in [4.78, 5) is 4.45. The number of aromatic nitrogens is 3. The van der Waals surface area contributed by atoms with Crippen LogP contribution in [0.5, 0.6) is 0 Å². The Morgan fingerprint density at radius 2 is 1.74 bits per heavy atom. The number of benzene rings is 1. The number of halogens is 1. The minimum atomic E-state index is 0.453. The molecule has 4 heteroatoms. The highest BCUT2D eigenvalue weighted by Gasteiger charge is 2.12. The van der Waals surface area contributed by atoms with Crippen LogP contribution in [0.1, 0.15) is 11.1 Å². The highest BCUT2D eigenvalue weighted by molar-refractivity contribution is 6.30. The molecule has 0 aliphatic carbocycles. The van der Waals surface area contributed by atoms with Crippen LogP contribution in [0, 0.1) is 13.8 Å². The summed E-state index contributed by atoms with van der Waals surface area (Å²) < 4.78 is 0. The Bertz CT molecular complexity index is 763. The van der Waals surface area contributed by atoms with Crippen molar-refractivity contribution in [1.29, 1.82) is 0 Å². The van der Waals surface area contributed by atoms with Crippen molar-refractivity contribution in [2.75, 3.05) is 0 Å². The van der Waals surface area contributed by atoms with Gasteiger partial charge >= 0.3 is 0 Å². The third-order valence-corrected chi connectivity index (χ3v) is 3.71. The Morgan fingerprint density at radius 3 is 2.58 bits per heavy atom. The zero-order valence-electron chi connectivity index (χ0n) is 10.7. The van der Waals surface area contributed by atoms with Crippen LogP contribution in [-0.4, -0.2) is 15.2 Å². The van der Waals surface area contributed by atoms with E-state index < -0.39 is 0 Å². The first kappa shape index (κ1) is 12.1. The molecule has 0 amide bonds. The molecular formula is C15H12ClN3. The second kappa shape index (κ2) is 4.59. The average Bonchev–Trinajstić information content (AvgIpc) is 2.45. The number of hydrogen-bond acceptors (Lipinski definition) is 3. The van der Waals surface area contributed by atoms with Crippen LogP contribution in [0.25, 0.3) is 22.2 Å². The van der Waals surface area contributed by atoms with Crippen molar-refractivity contribution in [1.82, 2.24) is 15.2 Å². The topological polar surface area (TPSA) is 38.7 Å². The number of rotatable bonds is 1. The molecule has 0 aliphatic rings. The molecule has 94 valence electrons. The van der Waals surface area contributed by atoms with Crippen LogP contribution in [-0.2, 0) is 0 Å². The zero-order chi connectivity index (χ0) is 13.4. The molecular weight excluding hydrogens is 258 g/mol. The van der Waals surface area contributed by atoms with E-state index in [0.717, 1.165) is 33.3 Å². The number of fused-ring (bicyclic) bond motifs is 1. The number of hydrogen-bond donors (Lipinski definition) is 0. The summed E-state index contributed by atoms with van der Waals surface area (Å²) in [5.74, 6) is 0. The van der Waals surface area contributed by atoms with Gasteiger partial charge in [-0.15, -0.1) is 10.2 Å². The number of para-hydroxylation sites is 1. The van der Waals surface area contributed by atoms with E-state index in [1.54, 1.807) is 6.20 Å². The second-order valence-electron chi connectivity index (χ2n) is 4.47. The van der Waals surface area contributed by atoms with Crippen molar-refractivity contribution in [2.24, 2.45) is 0 Å². The molecule has 0 atom stereocenters. The van der Waals surface area contributed by atoms with Crippen LogP contribution in [0.4, 0.5) is 0 Å². The fourth-order valence-electron chi connectivity index (χ4n) is 2.13. The highest BCUT2D eigenvalue weighted by Crippen LogP contribution is 2.30. The molecule has 3 rings (SSSR count). The average molecular weight is 270 g/mol. The largest absolute Gasteiger partial charge is 0.256 e. The Balaban J connectivity index is 2.34. The smallest absolute Gasteiger partial charge is 0.154 e. The van der Waals surface area contributed by atoms with E-state index in [2.05, 4.69) is 15.2 Å². The summed E-state index contributed by atoms with van der Waals surface area (Å²) >= 11 is 6.00. The van der Waals surface area contributed by atoms with Crippen LogP contribution in [0.2, 0.25) is 5.15 Å². The Labute approximate surface area is 116 Å². The molecule has 2 aromatic heterocycles. The van der Waals surface area contributed by atoms with Crippen molar-refractivity contribution in [2.45, 2.75) is 13.8 Å². The summed E-state index contributed by atoms with van der Waals surface area (Å²) in [5, 5.41) is 9.79. The maximum atomic E-state index is 6.00. The lowest BCUT2D eigenvalue weighted by molar-refractivity contribution is 1.00. The zero-order valence-corrected chi connectivity index (χ0v) is 11.4. The summed E-state index contributed by atoms with van der Waals surface area (Å²) in [6.45, 7) is 3.96. The monoisotopic (exact) mass is 269 g/mol. The molecule has 0 fully saturated rings. The van der Waals surface area contributed by atoms with E-state index in [1.165, 1.54) is 0 Å². The van der Waals surface area contributed by atoms with Crippen molar-refractivity contribution in [3.63, 3.8) is 0 Å². The maximum absolute atomic E-state index is 6.00. The highest BCUT2D eigenvalue weighted by atomic mass is 35.5. The van der Waals surface area contributed by atoms with Gasteiger partial charge in [0, 0.05) is 17.1 Å². The first-order chi connectivity index (χ1) is 9.18. The molecule has 19 heavy (non-hydrogen) atoms. The Kier molecular flexibility index (Phi) is 2.91. The van der Waals surface area contributed by atoms with Gasteiger partial charge in [-0.2, -0.15) is 0 Å². The predicted octanol–water partition coefficient (Wildman–Crippen LogP) is 3.96. The molecule has 0 aliphatic heterocycles. The summed E-state index contributed by atoms with van der Waals surface area (Å²) in [5.41, 5.74) is 4.76. The van der Waals surface area contributed by atoms with Crippen molar-refractivity contribution >= 4 is 22.5 Å². The molecule has 0 saturated carbocycles. The third-order valence-electron chi connectivity index (χ3n) is 3.35. The lowest BCUT2D eigenvalue weighted by Crippen LogP contribution is -1.97. The van der Waals surface area contributed by atoms with Gasteiger partial charge < -0.3 is 0 Å². The SMILES string of the molecule is Cc1c(Cl)nnc(-c2cccc3cccnc23)c1C. The van der Waals surface area contributed by atoms with Gasteiger partial charge in [-0.1, -0.05) is 35.9 Å². The lowest BCUT2D eigenvalue weighted by atomic mass is 10.0. The molecule has 2 heterocycles. The molecule has 1 aromatic carbocycles. The lowest BCUT2D eigenvalue weighted by Gasteiger charge is -2.09. The van der Waals surface area contributed by atoms with E-state index in [0.29, 0.717) is 5.15 Å². The predicted molar refractivity (Wildman–Crippen MR) is 77.3 cm³/mol. The van der Waals surface area contributed by atoms with Crippen LogP contribution in [0.3, 0.4) is 0 Å². The second-order valence-corrected chi connectivity index (χ2v) is 4.83. The molecule has 0 saturated heterocycles. The van der Waals surface area contributed by atoms with Gasteiger partial charge in [0.15, 0.2) is 5.15 Å². The van der Waals surface area contributed by atoms with Gasteiger partial charge in [-0.3, -0.25) is 4.98 Å². The van der Waals surface area contributed by atoms with Gasteiger partial charge in [0.05, 0.1) is 11.2 Å². The van der Waals surface area contributed by atoms with Gasteiger partial charge in [-0.05, 0) is 31.0 Å². The maximum Gasteiger partial charge on any atom is 0.154 e. The molecule has 0 unspecified atom stereocenters. The fourth-order valence-corrected chi connectivity index (χ4v) is 2.31. The van der Waals surface area contributed by atoms with Gasteiger partial charge in [0.25, 0.3) is 0 Å². The van der Waals surface area contributed by atoms with Gasteiger partial charge in [0.2, 0.25) is 0 Å². The van der Waals surface area contributed by atoms with Crippen molar-refractivity contribution in [3.8, 4) is 11.3 Å². The first-order valence-corrected chi connectivity index (χ1v) is 6.40. The summed E-state index contributed by atoms with van der Waals surface area (Å²) in [7, 11) is 0. The minimum absolute atomic E-state index is 0.453. The van der Waals surface area contributed by atoms with E-state index in [1.807, 2.05) is 44.2 Å². The minimum Gasteiger partial charge on any atom is -0.256 e. The van der Waals surface area contributed by atoms with Crippen molar-refractivity contribution in [3.05, 3.63) is 52.8 Å². The third kappa shape index (κ3) is 1.96. The molecule has 0 spiro atoms. The van der Waals surface area contributed by atoms with E-state index in [-0.39, 0.29) is 0 Å². The molecule has 3 aromatic rings. The summed E-state index contributed by atoms with van der Waals surface area (Å²) in [6, 6.07) is 10.0. The number of nitrogens with zero attached hydrogens (tertiary/aromatic N) is 3. The normalized spacial score (nSPS) is 10.9. The van der Waals surface area contributed by atoms with Crippen LogP contribution in [0.15, 0.2) is 36.5 Å². The molecule has 3 nitrogen and oxygen atoms in total. The van der Waals surface area contributed by atoms with E-state index in [4.69, 9.17) is 11.6 Å². The fraction of sp³-hybridized carbons (Fsp3) is 0.133. The van der Waals surface area contributed by atoms with E-state index >= 15 is 0 Å². The van der Waals surface area contributed by atoms with Gasteiger partial charge in [-0.25, -0.2) is 0 Å². The van der Waals surface area contributed by atoms with Crippen LogP contribution < -0.4 is 0 Å². The quantitative estimate of drug-likeness (QED) is 0.671. The summed E-state index contributed by atoms with van der Waals surface area (Å²) in [6.07, 6.45) is 1.79. The first-order valence-electron chi connectivity index (χ1n) is 6.02.